The Kier molecular flexibility index (Phi) is 7.14. The normalized spacial score (nSPS) is 13.7. The standard InChI is InChI=1S/C13H23NO5/c1-6-18-11(16)10(9(2)7-8-15)14-12(17)19-13(3,4)5/h7,10,15H,6,8H2,1-5H3,(H,14,17)/b9-7+. The van der Waals surface area contributed by atoms with Crippen LogP contribution in [-0.2, 0) is 14.3 Å². The maximum Gasteiger partial charge on any atom is 0.408 e. The van der Waals surface area contributed by atoms with Crippen LogP contribution in [0.4, 0.5) is 4.79 Å². The van der Waals surface area contributed by atoms with Crippen LogP contribution in [0.3, 0.4) is 0 Å². The molecule has 0 heterocycles. The number of aliphatic hydroxyl groups excluding tert-OH is 1. The van der Waals surface area contributed by atoms with Crippen LogP contribution in [-0.4, -0.2) is 42.0 Å². The lowest BCUT2D eigenvalue weighted by atomic mass is 10.1. The number of nitrogens with one attached hydrogen (secondary N) is 1. The first-order chi connectivity index (χ1) is 8.71. The fourth-order valence-corrected chi connectivity index (χ4v) is 1.27. The van der Waals surface area contributed by atoms with E-state index in [-0.39, 0.29) is 13.2 Å². The zero-order valence-corrected chi connectivity index (χ0v) is 12.1. The molecule has 0 aliphatic heterocycles. The van der Waals surface area contributed by atoms with Gasteiger partial charge in [0.1, 0.15) is 5.60 Å². The Labute approximate surface area is 113 Å². The molecular weight excluding hydrogens is 250 g/mol. The van der Waals surface area contributed by atoms with E-state index in [0.717, 1.165) is 0 Å². The molecule has 0 spiro atoms. The first kappa shape index (κ1) is 17.4. The number of hydrogen-bond acceptors (Lipinski definition) is 5. The zero-order valence-electron chi connectivity index (χ0n) is 12.1. The molecule has 0 aliphatic carbocycles. The highest BCUT2D eigenvalue weighted by molar-refractivity contribution is 5.84. The average molecular weight is 273 g/mol. The molecule has 0 fully saturated rings. The van der Waals surface area contributed by atoms with Crippen LogP contribution in [0.25, 0.3) is 0 Å². The minimum Gasteiger partial charge on any atom is -0.464 e. The van der Waals surface area contributed by atoms with Crippen LogP contribution in [0.1, 0.15) is 34.6 Å². The summed E-state index contributed by atoms with van der Waals surface area (Å²) in [5.74, 6) is -0.587. The van der Waals surface area contributed by atoms with Gasteiger partial charge < -0.3 is 19.9 Å². The molecule has 0 aromatic carbocycles. The maximum absolute atomic E-state index is 11.7. The molecule has 19 heavy (non-hydrogen) atoms. The molecule has 1 unspecified atom stereocenters. The van der Waals surface area contributed by atoms with Gasteiger partial charge in [0.2, 0.25) is 0 Å². The summed E-state index contributed by atoms with van der Waals surface area (Å²) in [6.07, 6.45) is 0.718. The SMILES string of the molecule is CCOC(=O)C(NC(=O)OC(C)(C)C)/C(C)=C/CO. The van der Waals surface area contributed by atoms with Gasteiger partial charge in [-0.2, -0.15) is 0 Å². The summed E-state index contributed by atoms with van der Waals surface area (Å²) in [7, 11) is 0. The number of alkyl carbamates (subject to hydrolysis) is 1. The van der Waals surface area contributed by atoms with Crippen molar-refractivity contribution in [1.82, 2.24) is 5.32 Å². The van der Waals surface area contributed by atoms with Gasteiger partial charge in [0.05, 0.1) is 13.2 Å². The fraction of sp³-hybridized carbons (Fsp3) is 0.692. The third-order valence-corrected chi connectivity index (χ3v) is 2.05. The quantitative estimate of drug-likeness (QED) is 0.584. The van der Waals surface area contributed by atoms with Crippen molar-refractivity contribution < 1.29 is 24.2 Å². The molecule has 0 saturated carbocycles. The summed E-state index contributed by atoms with van der Waals surface area (Å²) in [4.78, 5) is 23.4. The molecule has 0 aromatic rings. The number of esters is 1. The number of amides is 1. The van der Waals surface area contributed by atoms with Gasteiger partial charge in [-0.05, 0) is 40.2 Å². The molecule has 1 amide bonds. The molecule has 6 nitrogen and oxygen atoms in total. The fourth-order valence-electron chi connectivity index (χ4n) is 1.27. The van der Waals surface area contributed by atoms with Gasteiger partial charge in [0, 0.05) is 0 Å². The molecule has 0 bridgehead atoms. The Hall–Kier alpha value is -1.56. The van der Waals surface area contributed by atoms with Crippen molar-refractivity contribution in [3.05, 3.63) is 11.6 Å². The predicted molar refractivity (Wildman–Crippen MR) is 70.6 cm³/mol. The Balaban J connectivity index is 4.82. The average Bonchev–Trinajstić information content (AvgIpc) is 2.24. The predicted octanol–water partition coefficient (Wildman–Crippen LogP) is 1.38. The number of carbonyl (C=O) groups is 2. The van der Waals surface area contributed by atoms with Gasteiger partial charge >= 0.3 is 12.1 Å². The summed E-state index contributed by atoms with van der Waals surface area (Å²) in [5.41, 5.74) is -0.162. The molecule has 0 radical (unpaired) electrons. The van der Waals surface area contributed by atoms with Crippen LogP contribution in [0.15, 0.2) is 11.6 Å². The molecule has 2 N–H and O–H groups in total. The van der Waals surface area contributed by atoms with Crippen molar-refractivity contribution in [2.75, 3.05) is 13.2 Å². The first-order valence-electron chi connectivity index (χ1n) is 6.15. The van der Waals surface area contributed by atoms with E-state index >= 15 is 0 Å². The van der Waals surface area contributed by atoms with Crippen LogP contribution < -0.4 is 5.32 Å². The van der Waals surface area contributed by atoms with Crippen molar-refractivity contribution in [2.24, 2.45) is 0 Å². The van der Waals surface area contributed by atoms with Crippen molar-refractivity contribution in [1.29, 1.82) is 0 Å². The zero-order chi connectivity index (χ0) is 15.1. The second-order valence-electron chi connectivity index (χ2n) is 4.96. The highest BCUT2D eigenvalue weighted by Crippen LogP contribution is 2.09. The lowest BCUT2D eigenvalue weighted by Gasteiger charge is -2.23. The summed E-state index contributed by atoms with van der Waals surface area (Å²) in [5, 5.41) is 11.3. The monoisotopic (exact) mass is 273 g/mol. The van der Waals surface area contributed by atoms with E-state index < -0.39 is 23.7 Å². The van der Waals surface area contributed by atoms with Gasteiger partial charge in [-0.1, -0.05) is 6.08 Å². The van der Waals surface area contributed by atoms with Crippen LogP contribution in [0.2, 0.25) is 0 Å². The Morgan fingerprint density at radius 3 is 2.37 bits per heavy atom. The van der Waals surface area contributed by atoms with E-state index in [0.29, 0.717) is 5.57 Å². The van der Waals surface area contributed by atoms with Gasteiger partial charge in [-0.15, -0.1) is 0 Å². The number of hydrogen-bond donors (Lipinski definition) is 2. The van der Waals surface area contributed by atoms with Gasteiger partial charge in [0.25, 0.3) is 0 Å². The van der Waals surface area contributed by atoms with Crippen LogP contribution >= 0.6 is 0 Å². The molecule has 0 aliphatic rings. The summed E-state index contributed by atoms with van der Waals surface area (Å²) in [6, 6.07) is -0.957. The van der Waals surface area contributed by atoms with Crippen molar-refractivity contribution in [3.8, 4) is 0 Å². The van der Waals surface area contributed by atoms with Gasteiger partial charge in [-0.25, -0.2) is 9.59 Å². The van der Waals surface area contributed by atoms with E-state index in [1.807, 2.05) is 0 Å². The third-order valence-electron chi connectivity index (χ3n) is 2.05. The minimum atomic E-state index is -0.957. The Morgan fingerprint density at radius 2 is 1.95 bits per heavy atom. The van der Waals surface area contributed by atoms with E-state index in [1.54, 1.807) is 34.6 Å². The highest BCUT2D eigenvalue weighted by atomic mass is 16.6. The topological polar surface area (TPSA) is 84.9 Å². The second kappa shape index (κ2) is 7.78. The van der Waals surface area contributed by atoms with Crippen molar-refractivity contribution in [3.63, 3.8) is 0 Å². The summed E-state index contributed by atoms with van der Waals surface area (Å²) in [6.45, 7) is 8.45. The Bertz CT molecular complexity index is 343. The van der Waals surface area contributed by atoms with E-state index in [9.17, 15) is 9.59 Å². The number of ether oxygens (including phenoxy) is 2. The summed E-state index contributed by atoms with van der Waals surface area (Å²) >= 11 is 0. The minimum absolute atomic E-state index is 0.206. The maximum atomic E-state index is 11.7. The number of carbonyl (C=O) groups excluding carboxylic acids is 2. The van der Waals surface area contributed by atoms with E-state index in [1.165, 1.54) is 6.08 Å². The molecular formula is C13H23NO5. The Morgan fingerprint density at radius 1 is 1.37 bits per heavy atom. The van der Waals surface area contributed by atoms with Crippen molar-refractivity contribution in [2.45, 2.75) is 46.3 Å². The van der Waals surface area contributed by atoms with Gasteiger partial charge in [0.15, 0.2) is 6.04 Å². The highest BCUT2D eigenvalue weighted by Gasteiger charge is 2.26. The molecule has 1 atom stereocenters. The molecule has 110 valence electrons. The van der Waals surface area contributed by atoms with E-state index in [4.69, 9.17) is 14.6 Å². The lowest BCUT2D eigenvalue weighted by molar-refractivity contribution is -0.144. The first-order valence-corrected chi connectivity index (χ1v) is 6.15. The van der Waals surface area contributed by atoms with E-state index in [2.05, 4.69) is 5.32 Å². The molecule has 0 aromatic heterocycles. The number of rotatable bonds is 5. The molecule has 6 heteroatoms. The van der Waals surface area contributed by atoms with Crippen LogP contribution in [0, 0.1) is 0 Å². The number of aliphatic hydroxyl groups is 1. The second-order valence-corrected chi connectivity index (χ2v) is 4.96. The molecule has 0 rings (SSSR count). The van der Waals surface area contributed by atoms with Gasteiger partial charge in [-0.3, -0.25) is 0 Å². The smallest absolute Gasteiger partial charge is 0.408 e. The lowest BCUT2D eigenvalue weighted by Crippen LogP contribution is -2.45. The summed E-state index contributed by atoms with van der Waals surface area (Å²) < 4.78 is 9.95. The third kappa shape index (κ3) is 7.46. The molecule has 0 saturated heterocycles. The largest absolute Gasteiger partial charge is 0.464 e. The van der Waals surface area contributed by atoms with Crippen molar-refractivity contribution >= 4 is 12.1 Å². The van der Waals surface area contributed by atoms with Crippen LogP contribution in [0.5, 0.6) is 0 Å².